The highest BCUT2D eigenvalue weighted by atomic mass is 35.5. The van der Waals surface area contributed by atoms with Crippen molar-refractivity contribution >= 4 is 45.6 Å². The summed E-state index contributed by atoms with van der Waals surface area (Å²) in [6, 6.07) is 9.71. The zero-order valence-electron chi connectivity index (χ0n) is 20.2. The number of benzene rings is 2. The maximum absolute atomic E-state index is 13.2. The predicted octanol–water partition coefficient (Wildman–Crippen LogP) is 7.04. The highest BCUT2D eigenvalue weighted by Gasteiger charge is 2.33. The van der Waals surface area contributed by atoms with Gasteiger partial charge in [0, 0.05) is 30.1 Å². The largest absolute Gasteiger partial charge is 0.505 e. The molecule has 0 radical (unpaired) electrons. The van der Waals surface area contributed by atoms with E-state index >= 15 is 0 Å². The average molecular weight is 512 g/mol. The number of hydrogen-bond acceptors (Lipinski definition) is 5. The molecule has 0 atom stereocenters. The number of carbonyl (C=O) groups excluding carboxylic acids is 1. The molecule has 0 unspecified atom stereocenters. The van der Waals surface area contributed by atoms with Gasteiger partial charge in [-0.1, -0.05) is 29.3 Å². The number of phenolic OH excluding ortho intramolecular Hbond substituents is 1. The van der Waals surface area contributed by atoms with E-state index in [1.165, 1.54) is 12.8 Å². The Morgan fingerprint density at radius 2 is 1.71 bits per heavy atom. The molecule has 0 amide bonds. The minimum absolute atomic E-state index is 0.114. The Kier molecular flexibility index (Phi) is 6.93. The van der Waals surface area contributed by atoms with Crippen LogP contribution in [-0.2, 0) is 0 Å². The van der Waals surface area contributed by atoms with Gasteiger partial charge in [-0.2, -0.15) is 0 Å². The first-order valence-corrected chi connectivity index (χ1v) is 13.1. The van der Waals surface area contributed by atoms with Crippen molar-refractivity contribution in [3.8, 4) is 16.9 Å². The monoisotopic (exact) mass is 511 g/mol. The summed E-state index contributed by atoms with van der Waals surface area (Å²) in [5.74, 6) is 0.900. The Labute approximate surface area is 216 Å². The Bertz CT molecular complexity index is 1240. The van der Waals surface area contributed by atoms with Crippen molar-refractivity contribution in [2.24, 2.45) is 11.8 Å². The lowest BCUT2D eigenvalue weighted by molar-refractivity contribution is 0.0968. The SMILES string of the molecule is CN(C)C[C@H]1CC[C@@H](Nc2c(C(=O)C3CC3)cnc3ccc(-c4cc(Cl)c(O)c(Cl)c4)cc23)CC1. The number of rotatable bonds is 7. The molecule has 2 aliphatic rings. The van der Waals surface area contributed by atoms with Crippen molar-refractivity contribution in [2.45, 2.75) is 44.6 Å². The lowest BCUT2D eigenvalue weighted by Gasteiger charge is -2.32. The quantitative estimate of drug-likeness (QED) is 0.333. The topological polar surface area (TPSA) is 65.5 Å². The van der Waals surface area contributed by atoms with Crippen molar-refractivity contribution < 1.29 is 9.90 Å². The van der Waals surface area contributed by atoms with Crippen molar-refractivity contribution in [3.63, 3.8) is 0 Å². The number of hydrogen-bond donors (Lipinski definition) is 2. The van der Waals surface area contributed by atoms with Crippen molar-refractivity contribution in [3.05, 3.63) is 52.1 Å². The number of aromatic hydroxyl groups is 1. The second-order valence-electron chi connectivity index (χ2n) is 10.3. The molecule has 184 valence electrons. The van der Waals surface area contributed by atoms with E-state index in [1.54, 1.807) is 18.3 Å². The van der Waals surface area contributed by atoms with Gasteiger partial charge in [0.25, 0.3) is 0 Å². The summed E-state index contributed by atoms with van der Waals surface area (Å²) in [5.41, 5.74) is 4.11. The molecular weight excluding hydrogens is 481 g/mol. The summed E-state index contributed by atoms with van der Waals surface area (Å²) in [6.07, 6.45) is 8.19. The van der Waals surface area contributed by atoms with Crippen LogP contribution in [-0.4, -0.2) is 47.5 Å². The minimum atomic E-state index is -0.121. The maximum atomic E-state index is 13.2. The summed E-state index contributed by atoms with van der Waals surface area (Å²) in [6.45, 7) is 1.12. The van der Waals surface area contributed by atoms with Gasteiger partial charge >= 0.3 is 0 Å². The molecule has 0 aliphatic heterocycles. The number of pyridine rings is 1. The molecule has 35 heavy (non-hydrogen) atoms. The molecule has 5 rings (SSSR count). The summed E-state index contributed by atoms with van der Waals surface area (Å²) in [7, 11) is 4.27. The molecule has 2 aromatic carbocycles. The van der Waals surface area contributed by atoms with Crippen LogP contribution in [0.4, 0.5) is 5.69 Å². The lowest BCUT2D eigenvalue weighted by atomic mass is 9.85. The van der Waals surface area contributed by atoms with Crippen molar-refractivity contribution in [1.29, 1.82) is 0 Å². The van der Waals surface area contributed by atoms with Gasteiger partial charge in [-0.05, 0) is 93.9 Å². The smallest absolute Gasteiger partial charge is 0.169 e. The number of aromatic nitrogens is 1. The summed E-state index contributed by atoms with van der Waals surface area (Å²) < 4.78 is 0. The number of anilines is 1. The fraction of sp³-hybridized carbons (Fsp3) is 0.429. The van der Waals surface area contributed by atoms with Crippen LogP contribution in [0.25, 0.3) is 22.0 Å². The molecule has 0 bridgehead atoms. The average Bonchev–Trinajstić information content (AvgIpc) is 3.68. The molecule has 2 N–H and O–H groups in total. The molecule has 1 heterocycles. The third-order valence-corrected chi connectivity index (χ3v) is 7.83. The maximum Gasteiger partial charge on any atom is 0.169 e. The van der Waals surface area contributed by atoms with E-state index in [1.807, 2.05) is 18.2 Å². The fourth-order valence-electron chi connectivity index (χ4n) is 5.22. The third-order valence-electron chi connectivity index (χ3n) is 7.25. The predicted molar refractivity (Wildman–Crippen MR) is 144 cm³/mol. The van der Waals surface area contributed by atoms with E-state index in [0.717, 1.165) is 65.9 Å². The van der Waals surface area contributed by atoms with E-state index in [-0.39, 0.29) is 27.5 Å². The van der Waals surface area contributed by atoms with E-state index in [2.05, 4.69) is 29.3 Å². The number of nitrogens with zero attached hydrogens (tertiary/aromatic N) is 2. The zero-order valence-corrected chi connectivity index (χ0v) is 21.7. The Morgan fingerprint density at radius 1 is 1.03 bits per heavy atom. The van der Waals surface area contributed by atoms with E-state index in [4.69, 9.17) is 23.2 Å². The van der Waals surface area contributed by atoms with Crippen LogP contribution in [0.3, 0.4) is 0 Å². The van der Waals surface area contributed by atoms with Gasteiger partial charge in [-0.25, -0.2) is 0 Å². The summed E-state index contributed by atoms with van der Waals surface area (Å²) in [5, 5.41) is 15.1. The number of carbonyl (C=O) groups is 1. The number of phenols is 1. The van der Waals surface area contributed by atoms with Crippen LogP contribution >= 0.6 is 23.2 Å². The zero-order chi connectivity index (χ0) is 24.7. The molecule has 7 heteroatoms. The van der Waals surface area contributed by atoms with E-state index in [9.17, 15) is 9.90 Å². The first-order valence-electron chi connectivity index (χ1n) is 12.4. The standard InChI is InChI=1S/C28H31Cl2N3O2/c1-33(2)15-16-3-8-20(9-4-16)32-26-21-11-18(19-12-23(29)28(35)24(30)13-19)7-10-25(21)31-14-22(26)27(34)17-5-6-17/h7,10-14,16-17,20,35H,3-6,8-9,15H2,1-2H3,(H,31,32)/t16-,20+. The van der Waals surface area contributed by atoms with E-state index in [0.29, 0.717) is 11.6 Å². The number of Topliss-reactive ketones (excluding diaryl/α,β-unsaturated/α-hetero) is 1. The fourth-order valence-corrected chi connectivity index (χ4v) is 5.71. The highest BCUT2D eigenvalue weighted by molar-refractivity contribution is 6.37. The highest BCUT2D eigenvalue weighted by Crippen LogP contribution is 2.40. The van der Waals surface area contributed by atoms with Crippen LogP contribution < -0.4 is 5.32 Å². The van der Waals surface area contributed by atoms with Gasteiger partial charge in [-0.3, -0.25) is 9.78 Å². The van der Waals surface area contributed by atoms with E-state index < -0.39 is 0 Å². The second kappa shape index (κ2) is 9.96. The first kappa shape index (κ1) is 24.4. The number of fused-ring (bicyclic) bond motifs is 1. The molecule has 2 fully saturated rings. The van der Waals surface area contributed by atoms with Crippen LogP contribution in [0.15, 0.2) is 36.5 Å². The Hall–Kier alpha value is -2.34. The van der Waals surface area contributed by atoms with Crippen molar-refractivity contribution in [2.75, 3.05) is 26.0 Å². The lowest BCUT2D eigenvalue weighted by Crippen LogP contribution is -2.31. The molecule has 1 aromatic heterocycles. The van der Waals surface area contributed by atoms with Crippen LogP contribution in [0.2, 0.25) is 10.0 Å². The van der Waals surface area contributed by atoms with Crippen LogP contribution in [0.5, 0.6) is 5.75 Å². The Balaban J connectivity index is 1.52. The molecule has 2 saturated carbocycles. The number of ketones is 1. The molecule has 3 aromatic rings. The number of nitrogens with one attached hydrogen (secondary N) is 1. The van der Waals surface area contributed by atoms with Gasteiger partial charge < -0.3 is 15.3 Å². The third kappa shape index (κ3) is 5.28. The van der Waals surface area contributed by atoms with Crippen LogP contribution in [0.1, 0.15) is 48.9 Å². The molecule has 2 aliphatic carbocycles. The normalized spacial score (nSPS) is 20.4. The molecule has 0 spiro atoms. The minimum Gasteiger partial charge on any atom is -0.505 e. The molecule has 5 nitrogen and oxygen atoms in total. The van der Waals surface area contributed by atoms with Gasteiger partial charge in [0.1, 0.15) is 0 Å². The van der Waals surface area contributed by atoms with Gasteiger partial charge in [-0.15, -0.1) is 0 Å². The summed E-state index contributed by atoms with van der Waals surface area (Å²) >= 11 is 12.4. The van der Waals surface area contributed by atoms with Crippen molar-refractivity contribution in [1.82, 2.24) is 9.88 Å². The van der Waals surface area contributed by atoms with Crippen LogP contribution in [0, 0.1) is 11.8 Å². The van der Waals surface area contributed by atoms with Gasteiger partial charge in [0.2, 0.25) is 0 Å². The Morgan fingerprint density at radius 3 is 2.34 bits per heavy atom. The molecular formula is C28H31Cl2N3O2. The second-order valence-corrected chi connectivity index (χ2v) is 11.1. The molecule has 0 saturated heterocycles. The summed E-state index contributed by atoms with van der Waals surface area (Å²) in [4.78, 5) is 20.1. The van der Waals surface area contributed by atoms with Gasteiger partial charge in [0.15, 0.2) is 11.5 Å². The number of halogens is 2. The first-order chi connectivity index (χ1) is 16.8. The van der Waals surface area contributed by atoms with Gasteiger partial charge in [0.05, 0.1) is 26.8 Å².